The number of benzene rings is 3. The van der Waals surface area contributed by atoms with Crippen molar-refractivity contribution >= 4 is 52.7 Å². The van der Waals surface area contributed by atoms with E-state index in [1.54, 1.807) is 0 Å². The van der Waals surface area contributed by atoms with Crippen LogP contribution in [-0.4, -0.2) is 241 Å². The van der Waals surface area contributed by atoms with E-state index in [9.17, 15) is 83.6 Å². The lowest BCUT2D eigenvalue weighted by Gasteiger charge is -2.35. The van der Waals surface area contributed by atoms with Crippen LogP contribution >= 0.6 is 11.2 Å². The number of β-amino-alcohol motifs (C(OH)–C–C–N with tert-alkyl or cyclic N) is 1. The maximum absolute atomic E-state index is 15.1. The number of hydrogen-bond acceptors (Lipinski definition) is 22. The Kier molecular flexibility index (Phi) is 21.0. The second kappa shape index (κ2) is 27.3. The summed E-state index contributed by atoms with van der Waals surface area (Å²) < 4.78 is 39.2. The summed E-state index contributed by atoms with van der Waals surface area (Å²) in [4.78, 5) is 103. The monoisotopic (exact) mass is 1190 g/mol. The highest BCUT2D eigenvalue weighted by Crippen LogP contribution is 2.45. The number of carbonyl (C=O) groups is 7. The first-order valence-corrected chi connectivity index (χ1v) is 28.1. The van der Waals surface area contributed by atoms with Gasteiger partial charge in [0.15, 0.2) is 11.5 Å². The molecule has 4 aliphatic rings. The van der Waals surface area contributed by atoms with Gasteiger partial charge in [0.05, 0.1) is 61.9 Å². The van der Waals surface area contributed by atoms with E-state index in [0.717, 1.165) is 62.1 Å². The van der Waals surface area contributed by atoms with Crippen molar-refractivity contribution in [3.05, 3.63) is 83.4 Å². The number of fused-ring (bicyclic) bond motifs is 5. The summed E-state index contributed by atoms with van der Waals surface area (Å²) in [5.74, 6) is -10.1. The molecule has 30 heteroatoms. The minimum atomic E-state index is -4.75. The average molecular weight is 1190 g/mol. The van der Waals surface area contributed by atoms with E-state index in [1.807, 2.05) is 48.5 Å². The maximum atomic E-state index is 15.1. The van der Waals surface area contributed by atoms with Crippen LogP contribution in [0.4, 0.5) is 4.79 Å². The normalized spacial score (nSPS) is 27.2. The molecule has 0 aromatic heterocycles. The number of amides is 7. The van der Waals surface area contributed by atoms with Gasteiger partial charge in [-0.05, 0) is 59.7 Å². The van der Waals surface area contributed by atoms with Crippen molar-refractivity contribution in [2.24, 2.45) is 11.7 Å². The lowest BCUT2D eigenvalue weighted by Crippen LogP contribution is -2.64. The number of nitrogens with zero attached hydrogens (tertiary/aromatic N) is 3. The van der Waals surface area contributed by atoms with Gasteiger partial charge in [-0.3, -0.25) is 42.4 Å². The molecule has 7 amide bonds. The van der Waals surface area contributed by atoms with Gasteiger partial charge in [0.1, 0.15) is 36.8 Å². The molecule has 3 heterocycles. The molecule has 13 atom stereocenters. The number of rotatable bonds is 15. The van der Waals surface area contributed by atoms with Crippen LogP contribution in [0.5, 0.6) is 11.5 Å². The first kappa shape index (κ1) is 63.8. The van der Waals surface area contributed by atoms with E-state index in [4.69, 9.17) is 10.5 Å². The molecule has 3 aromatic carbocycles. The maximum Gasteiger partial charge on any atom is 0.410 e. The largest absolute Gasteiger partial charge is 0.504 e. The summed E-state index contributed by atoms with van der Waals surface area (Å²) in [6.45, 7) is -1.56. The third kappa shape index (κ3) is 15.0. The SMILES string of the molecule is C[C@@H](O)[C@@H]1NC(=O)[C@@H](N)C[C@@H](O)CNC(=O)[C@@H]2[C@@H](O)[C@@H](C)CN2C(=O)[C@H]([C@H](O)CCN(C(=O)OCC2c3ccccc3-c3ccccc32)C(CO)CO)NC(=O)[C@H]([C@H](O)Cc2ccc(O)c(OS(O)(O)O)c2)NC(=O)[C@@H]2C[C@@H](O)CN2C1=O. The van der Waals surface area contributed by atoms with Gasteiger partial charge >= 0.3 is 6.09 Å². The van der Waals surface area contributed by atoms with Crippen molar-refractivity contribution in [1.82, 2.24) is 36.0 Å². The molecule has 18 N–H and O–H groups in total. The standard InChI is InChI=1S/C53H72N8O21S/c1-25-20-61-45(46(25)70)50(74)55-19-29(65)17-36(54)47(71)56-42(26(2)64)51(75)60-21-30(66)18-37(60)48(72)57-43(40(69)15-27-11-12-38(67)41(16-27)82-83(78,79)80)49(73)58-44(52(61)76)39(68)13-14-59(28(22-62)23-63)53(77)81-24-35-33-9-5-3-7-31(33)32-8-4-6-10-34(32)35/h3-12,16,25-26,28-30,35-37,39-40,42-46,62-70,78-80H,13-15,17-24,54H2,1-2H3,(H,55,74)(H,56,71)(H,57,72)(H,58,73)/t25-,26+,29+,30+,36-,37-,39+,40+,42-,43-,44-,45-,46-/m0/s1. The van der Waals surface area contributed by atoms with Crippen LogP contribution in [0.25, 0.3) is 11.1 Å². The van der Waals surface area contributed by atoms with E-state index in [1.165, 1.54) is 6.92 Å². The van der Waals surface area contributed by atoms with Gasteiger partial charge in [0, 0.05) is 50.9 Å². The number of aliphatic hydroxyl groups excluding tert-OH is 8. The Hall–Kier alpha value is -6.78. The summed E-state index contributed by atoms with van der Waals surface area (Å²) in [6, 6.07) is 5.08. The number of ether oxygens (including phenoxy) is 1. The van der Waals surface area contributed by atoms with Crippen LogP contribution in [0, 0.1) is 5.92 Å². The first-order valence-electron chi connectivity index (χ1n) is 26.7. The number of nitrogens with two attached hydrogens (primary N) is 1. The zero-order valence-electron chi connectivity index (χ0n) is 45.2. The lowest BCUT2D eigenvalue weighted by atomic mass is 9.98. The van der Waals surface area contributed by atoms with E-state index < -0.39 is 220 Å². The first-order chi connectivity index (χ1) is 39.2. The van der Waals surface area contributed by atoms with Gasteiger partial charge in [-0.1, -0.05) is 61.5 Å². The van der Waals surface area contributed by atoms with Crippen LogP contribution in [0.3, 0.4) is 0 Å². The third-order valence-electron chi connectivity index (χ3n) is 15.2. The van der Waals surface area contributed by atoms with Crippen molar-refractivity contribution < 1.29 is 102 Å². The Morgan fingerprint density at radius 2 is 1.36 bits per heavy atom. The Morgan fingerprint density at radius 3 is 1.98 bits per heavy atom. The van der Waals surface area contributed by atoms with Crippen LogP contribution in [0.15, 0.2) is 66.7 Å². The summed E-state index contributed by atoms with van der Waals surface area (Å²) in [7, 11) is 0. The lowest BCUT2D eigenvalue weighted by molar-refractivity contribution is -0.147. The Morgan fingerprint density at radius 1 is 0.759 bits per heavy atom. The molecule has 0 unspecified atom stereocenters. The minimum absolute atomic E-state index is 0.0810. The zero-order chi connectivity index (χ0) is 60.8. The molecule has 3 saturated heterocycles. The fraction of sp³-hybridized carbons (Fsp3) is 0.528. The molecule has 0 radical (unpaired) electrons. The van der Waals surface area contributed by atoms with Crippen molar-refractivity contribution in [1.29, 1.82) is 0 Å². The Labute approximate surface area is 477 Å². The zero-order valence-corrected chi connectivity index (χ0v) is 46.0. The molecular formula is C53H72N8O21S. The second-order valence-corrected chi connectivity index (χ2v) is 22.3. The topological polar surface area (TPSA) is 465 Å². The van der Waals surface area contributed by atoms with Gasteiger partial charge in [-0.25, -0.2) is 4.79 Å². The fourth-order valence-corrected chi connectivity index (χ4v) is 11.2. The summed E-state index contributed by atoms with van der Waals surface area (Å²) in [5.41, 5.74) is 9.55. The van der Waals surface area contributed by atoms with Crippen molar-refractivity contribution in [3.8, 4) is 22.6 Å². The van der Waals surface area contributed by atoms with E-state index in [-0.39, 0.29) is 12.2 Å². The number of nitrogens with one attached hydrogen (secondary N) is 4. The van der Waals surface area contributed by atoms with Crippen molar-refractivity contribution in [2.75, 3.05) is 46.0 Å². The quantitative estimate of drug-likeness (QED) is 0.0698. The van der Waals surface area contributed by atoms with Gasteiger partial charge in [0.2, 0.25) is 35.4 Å². The van der Waals surface area contributed by atoms with Gasteiger partial charge < -0.3 is 96.6 Å². The molecule has 0 spiro atoms. The Balaban J connectivity index is 1.26. The molecule has 0 saturated carbocycles. The Bertz CT molecular complexity index is 2800. The number of phenols is 1. The smallest absolute Gasteiger partial charge is 0.410 e. The second-order valence-electron chi connectivity index (χ2n) is 21.2. The third-order valence-corrected chi connectivity index (χ3v) is 15.7. The van der Waals surface area contributed by atoms with Crippen molar-refractivity contribution in [3.63, 3.8) is 0 Å². The number of aromatic hydroxyl groups is 1. The van der Waals surface area contributed by atoms with Crippen LogP contribution in [0.2, 0.25) is 0 Å². The molecule has 29 nitrogen and oxygen atoms in total. The van der Waals surface area contributed by atoms with Crippen LogP contribution < -0.4 is 31.2 Å². The van der Waals surface area contributed by atoms with Gasteiger partial charge in [-0.2, -0.15) is 0 Å². The minimum Gasteiger partial charge on any atom is -0.504 e. The van der Waals surface area contributed by atoms with Crippen LogP contribution in [-0.2, 0) is 39.9 Å². The average Bonchev–Trinajstić information content (AvgIpc) is 4.11. The molecule has 1 aliphatic carbocycles. The number of hydrogen-bond donors (Lipinski definition) is 17. The molecule has 456 valence electrons. The predicted molar refractivity (Wildman–Crippen MR) is 290 cm³/mol. The molecule has 83 heavy (non-hydrogen) atoms. The summed E-state index contributed by atoms with van der Waals surface area (Å²) in [5, 5.41) is 109. The number of phenolic OH excluding ortho intramolecular Hbond substituents is 1. The summed E-state index contributed by atoms with van der Waals surface area (Å²) >= 11 is -4.75. The molecule has 7 rings (SSSR count). The van der Waals surface area contributed by atoms with Gasteiger partial charge in [0.25, 0.3) is 11.2 Å². The van der Waals surface area contributed by atoms with E-state index in [0.29, 0.717) is 0 Å². The fourth-order valence-electron chi connectivity index (χ4n) is 10.8. The van der Waals surface area contributed by atoms with Crippen LogP contribution in [0.1, 0.15) is 55.7 Å². The molecule has 3 fully saturated rings. The molecule has 0 bridgehead atoms. The summed E-state index contributed by atoms with van der Waals surface area (Å²) in [6.07, 6.45) is -14.2. The highest BCUT2D eigenvalue weighted by Gasteiger charge is 2.50. The van der Waals surface area contributed by atoms with Gasteiger partial charge in [-0.15, -0.1) is 0 Å². The highest BCUT2D eigenvalue weighted by atomic mass is 32.3. The number of aliphatic hydroxyl groups is 8. The predicted octanol–water partition coefficient (Wildman–Crippen LogP) is -3.62. The molecular weight excluding hydrogens is 1120 g/mol. The highest BCUT2D eigenvalue weighted by molar-refractivity contribution is 8.15. The van der Waals surface area contributed by atoms with Crippen molar-refractivity contribution in [2.45, 2.75) is 124 Å². The number of carbonyl (C=O) groups excluding carboxylic acids is 7. The molecule has 3 aromatic rings. The van der Waals surface area contributed by atoms with E-state index in [2.05, 4.69) is 25.5 Å². The van der Waals surface area contributed by atoms with E-state index >= 15 is 9.59 Å². The molecule has 3 aliphatic heterocycles.